The Morgan fingerprint density at radius 2 is 1.50 bits per heavy atom. The van der Waals surface area contributed by atoms with Crippen LogP contribution >= 0.6 is 0 Å². The van der Waals surface area contributed by atoms with Crippen LogP contribution < -0.4 is 0 Å². The molecule has 4 N–H and O–H groups in total. The van der Waals surface area contributed by atoms with E-state index in [1.54, 1.807) is 67.6 Å². The summed E-state index contributed by atoms with van der Waals surface area (Å²) in [5, 5.41) is 43.6. The van der Waals surface area contributed by atoms with Gasteiger partial charge >= 0.3 is 11.9 Å². The molecule has 9 rings (SSSR count). The summed E-state index contributed by atoms with van der Waals surface area (Å²) in [5.41, 5.74) is -2.88. The van der Waals surface area contributed by atoms with Gasteiger partial charge in [0.15, 0.2) is 18.4 Å². The standard InChI is InChI=1S/C30H32O12/c1-27-14-29(36)19-12-30(27,28(19,26(41-27)42-29)15-38-24(35)17-10-6-3-7-11-17)40-25-22(33)21(32)20(31)18(39-25)13-37-23(34)16-8-4-2-5-9-16/h2-11,18-22,25-26,31-33,36H,12-15H2,1H3/t18-,19+,20-,21+,22-,25+,26+,27+,28-,29+,30-/m1/s1. The van der Waals surface area contributed by atoms with Crippen molar-refractivity contribution in [2.24, 2.45) is 11.3 Å². The van der Waals surface area contributed by atoms with Crippen LogP contribution in [0.4, 0.5) is 0 Å². The molecule has 0 unspecified atom stereocenters. The van der Waals surface area contributed by atoms with E-state index in [1.807, 2.05) is 0 Å². The molecule has 3 saturated carbocycles. The fourth-order valence-corrected chi connectivity index (χ4v) is 7.68. The number of aliphatic hydroxyl groups excluding tert-OH is 3. The van der Waals surface area contributed by atoms with Crippen molar-refractivity contribution in [3.05, 3.63) is 71.8 Å². The van der Waals surface area contributed by atoms with E-state index in [4.69, 9.17) is 28.4 Å². The van der Waals surface area contributed by atoms with Crippen LogP contribution in [0.3, 0.4) is 0 Å². The first kappa shape index (κ1) is 27.9. The maximum absolute atomic E-state index is 12.9. The number of esters is 2. The van der Waals surface area contributed by atoms with Crippen LogP contribution in [0.1, 0.15) is 40.5 Å². The molecule has 6 bridgehead atoms. The number of rotatable bonds is 8. The van der Waals surface area contributed by atoms with E-state index in [0.29, 0.717) is 11.1 Å². The fraction of sp³-hybridized carbons (Fsp3) is 0.533. The molecule has 42 heavy (non-hydrogen) atoms. The summed E-state index contributed by atoms with van der Waals surface area (Å²) in [7, 11) is 0. The predicted molar refractivity (Wildman–Crippen MR) is 138 cm³/mol. The molecule has 0 spiro atoms. The van der Waals surface area contributed by atoms with Crippen LogP contribution in [-0.2, 0) is 28.4 Å². The molecule has 12 heteroatoms. The SMILES string of the molecule is C[C@@]12C[C@]3(O)O[C@H](O1)[C@@]1(COC(=O)c4ccccc4)[C@@H]3C[C@]12O[C@@H]1O[C@H](COC(=O)c2ccccc2)[C@@H](O)[C@H](O)[C@H]1O. The van der Waals surface area contributed by atoms with Gasteiger partial charge in [0.2, 0.25) is 0 Å². The molecule has 7 fully saturated rings. The smallest absolute Gasteiger partial charge is 0.338 e. The zero-order valence-corrected chi connectivity index (χ0v) is 22.7. The monoisotopic (exact) mass is 584 g/mol. The molecule has 0 aromatic heterocycles. The minimum absolute atomic E-state index is 0.0572. The van der Waals surface area contributed by atoms with Gasteiger partial charge in [0.25, 0.3) is 0 Å². The van der Waals surface area contributed by atoms with E-state index in [1.165, 1.54) is 0 Å². The lowest BCUT2D eigenvalue weighted by atomic mass is 9.41. The molecule has 224 valence electrons. The minimum atomic E-state index is -1.69. The van der Waals surface area contributed by atoms with Crippen LogP contribution in [0.5, 0.6) is 0 Å². The zero-order chi connectivity index (χ0) is 29.5. The second-order valence-corrected chi connectivity index (χ2v) is 12.0. The third-order valence-corrected chi connectivity index (χ3v) is 9.78. The van der Waals surface area contributed by atoms with Crippen LogP contribution in [0.15, 0.2) is 60.7 Å². The van der Waals surface area contributed by atoms with Gasteiger partial charge in [0, 0.05) is 12.3 Å². The van der Waals surface area contributed by atoms with Crippen molar-refractivity contribution in [1.29, 1.82) is 0 Å². The highest BCUT2D eigenvalue weighted by Gasteiger charge is 2.94. The van der Waals surface area contributed by atoms with Gasteiger partial charge in [0.05, 0.1) is 16.5 Å². The molecule has 7 aliphatic rings. The summed E-state index contributed by atoms with van der Waals surface area (Å²) >= 11 is 0. The molecule has 4 saturated heterocycles. The van der Waals surface area contributed by atoms with E-state index >= 15 is 0 Å². The Labute approximate surface area is 240 Å². The van der Waals surface area contributed by atoms with Crippen LogP contribution in [0, 0.1) is 11.3 Å². The van der Waals surface area contributed by atoms with Crippen molar-refractivity contribution >= 4 is 11.9 Å². The number of carbonyl (C=O) groups is 2. The number of ether oxygens (including phenoxy) is 6. The van der Waals surface area contributed by atoms with Gasteiger partial charge in [-0.1, -0.05) is 36.4 Å². The molecule has 0 radical (unpaired) electrons. The molecule has 0 amide bonds. The Hall–Kier alpha value is -2.94. The van der Waals surface area contributed by atoms with Crippen molar-refractivity contribution in [2.45, 2.75) is 73.8 Å². The largest absolute Gasteiger partial charge is 0.461 e. The maximum Gasteiger partial charge on any atom is 0.338 e. The van der Waals surface area contributed by atoms with E-state index in [9.17, 15) is 30.0 Å². The number of hydrogen-bond donors (Lipinski definition) is 4. The average molecular weight is 585 g/mol. The Morgan fingerprint density at radius 3 is 2.14 bits per heavy atom. The second kappa shape index (κ2) is 9.53. The van der Waals surface area contributed by atoms with Gasteiger partial charge in [-0.15, -0.1) is 0 Å². The highest BCUT2D eigenvalue weighted by Crippen LogP contribution is 2.81. The Bertz CT molecular complexity index is 1370. The molecule has 2 aromatic carbocycles. The lowest BCUT2D eigenvalue weighted by Gasteiger charge is -2.67. The van der Waals surface area contributed by atoms with E-state index in [2.05, 4.69) is 0 Å². The second-order valence-electron chi connectivity index (χ2n) is 12.0. The summed E-state index contributed by atoms with van der Waals surface area (Å²) in [4.78, 5) is 25.4. The summed E-state index contributed by atoms with van der Waals surface area (Å²) in [6, 6.07) is 16.7. The lowest BCUT2D eigenvalue weighted by Crippen LogP contribution is -2.80. The maximum atomic E-state index is 12.9. The summed E-state index contributed by atoms with van der Waals surface area (Å²) in [5.74, 6) is -3.25. The molecule has 4 aliphatic heterocycles. The highest BCUT2D eigenvalue weighted by atomic mass is 16.8. The van der Waals surface area contributed by atoms with Gasteiger partial charge in [-0.05, 0) is 37.6 Å². The highest BCUT2D eigenvalue weighted by molar-refractivity contribution is 5.89. The van der Waals surface area contributed by atoms with Gasteiger partial charge in [-0.25, -0.2) is 9.59 Å². The third-order valence-electron chi connectivity index (χ3n) is 9.78. The van der Waals surface area contributed by atoms with E-state index < -0.39 is 83.9 Å². The topological polar surface area (TPSA) is 170 Å². The number of aliphatic hydroxyl groups is 4. The molecule has 2 aromatic rings. The molecule has 11 atom stereocenters. The number of carbonyl (C=O) groups excluding carboxylic acids is 2. The number of hydrogen-bond acceptors (Lipinski definition) is 12. The quantitative estimate of drug-likeness (QED) is 0.318. The van der Waals surface area contributed by atoms with Crippen LogP contribution in [0.25, 0.3) is 0 Å². The van der Waals surface area contributed by atoms with Crippen molar-refractivity contribution < 1.29 is 58.4 Å². The van der Waals surface area contributed by atoms with Crippen molar-refractivity contribution in [2.75, 3.05) is 13.2 Å². The Balaban J connectivity index is 1.13. The minimum Gasteiger partial charge on any atom is -0.461 e. The van der Waals surface area contributed by atoms with Crippen molar-refractivity contribution in [1.82, 2.24) is 0 Å². The normalized spacial score (nSPS) is 44.5. The first-order valence-corrected chi connectivity index (χ1v) is 13.9. The van der Waals surface area contributed by atoms with Gasteiger partial charge in [0.1, 0.15) is 48.8 Å². The summed E-state index contributed by atoms with van der Waals surface area (Å²) < 4.78 is 35.7. The molecule has 12 nitrogen and oxygen atoms in total. The first-order chi connectivity index (χ1) is 20.0. The van der Waals surface area contributed by atoms with Gasteiger partial charge in [-0.2, -0.15) is 0 Å². The first-order valence-electron chi connectivity index (χ1n) is 13.9. The number of benzene rings is 2. The van der Waals surface area contributed by atoms with Crippen LogP contribution in [-0.4, -0.2) is 99.6 Å². The van der Waals surface area contributed by atoms with Crippen LogP contribution in [0.2, 0.25) is 0 Å². The Kier molecular flexibility index (Phi) is 6.32. The van der Waals surface area contributed by atoms with E-state index in [-0.39, 0.29) is 19.4 Å². The van der Waals surface area contributed by atoms with Gasteiger partial charge < -0.3 is 48.8 Å². The fourth-order valence-electron chi connectivity index (χ4n) is 7.68. The molecular weight excluding hydrogens is 552 g/mol. The summed E-state index contributed by atoms with van der Waals surface area (Å²) in [6.45, 7) is 1.12. The molecular formula is C30H32O12. The third kappa shape index (κ3) is 3.70. The predicted octanol–water partition coefficient (Wildman–Crippen LogP) is 0.507. The van der Waals surface area contributed by atoms with E-state index in [0.717, 1.165) is 0 Å². The molecule has 3 aliphatic carbocycles. The van der Waals surface area contributed by atoms with Crippen molar-refractivity contribution in [3.8, 4) is 0 Å². The lowest BCUT2D eigenvalue weighted by molar-refractivity contribution is -0.424. The Morgan fingerprint density at radius 1 is 0.881 bits per heavy atom. The van der Waals surface area contributed by atoms with Crippen molar-refractivity contribution in [3.63, 3.8) is 0 Å². The summed E-state index contributed by atoms with van der Waals surface area (Å²) in [6.07, 6.45) is -8.34. The van der Waals surface area contributed by atoms with Gasteiger partial charge in [-0.3, -0.25) is 0 Å². The molecule has 4 heterocycles. The zero-order valence-electron chi connectivity index (χ0n) is 22.7. The average Bonchev–Trinajstić information content (AvgIpc) is 3.18.